The fourth-order valence-electron chi connectivity index (χ4n) is 5.62. The van der Waals surface area contributed by atoms with Crippen LogP contribution in [0.5, 0.6) is 17.2 Å². The van der Waals surface area contributed by atoms with Crippen molar-refractivity contribution in [3.8, 4) is 17.2 Å². The zero-order chi connectivity index (χ0) is 31.5. The summed E-state index contributed by atoms with van der Waals surface area (Å²) in [5.41, 5.74) is 2.55. The van der Waals surface area contributed by atoms with E-state index < -0.39 is 5.82 Å². The molecule has 0 aromatic heterocycles. The zero-order valence-corrected chi connectivity index (χ0v) is 28.5. The molecule has 0 spiro atoms. The van der Waals surface area contributed by atoms with Gasteiger partial charge in [-0.05, 0) is 49.9 Å². The van der Waals surface area contributed by atoms with Gasteiger partial charge >= 0.3 is 6.03 Å². The summed E-state index contributed by atoms with van der Waals surface area (Å²) >= 11 is 0. The molecule has 4 rings (SSSR count). The van der Waals surface area contributed by atoms with Crippen LogP contribution in [0.4, 0.5) is 14.9 Å². The van der Waals surface area contributed by atoms with E-state index in [9.17, 15) is 9.59 Å². The number of anilines is 1. The number of nitrogens with zero attached hydrogens (tertiary/aromatic N) is 3. The highest BCUT2D eigenvalue weighted by atomic mass is 79.9. The van der Waals surface area contributed by atoms with E-state index in [-0.39, 0.29) is 71.1 Å². The van der Waals surface area contributed by atoms with E-state index in [2.05, 4.69) is 31.0 Å². The van der Waals surface area contributed by atoms with Crippen LogP contribution in [0, 0.1) is 11.2 Å². The van der Waals surface area contributed by atoms with Gasteiger partial charge in [-0.3, -0.25) is 10.2 Å². The Bertz CT molecular complexity index is 1390. The molecule has 0 aliphatic carbocycles. The van der Waals surface area contributed by atoms with Crippen LogP contribution in [0.15, 0.2) is 18.2 Å². The lowest BCUT2D eigenvalue weighted by Crippen LogP contribution is -2.52. The first-order valence-electron chi connectivity index (χ1n) is 14.9. The Morgan fingerprint density at radius 3 is 2.23 bits per heavy atom. The van der Waals surface area contributed by atoms with Crippen molar-refractivity contribution in [1.29, 1.82) is 5.41 Å². The van der Waals surface area contributed by atoms with Gasteiger partial charge in [0.15, 0.2) is 23.1 Å². The molecular weight excluding hydrogens is 633 g/mol. The summed E-state index contributed by atoms with van der Waals surface area (Å²) in [5.74, 6) is 0.0907. The van der Waals surface area contributed by atoms with Gasteiger partial charge in [0.05, 0.1) is 38.1 Å². The van der Waals surface area contributed by atoms with Gasteiger partial charge in [0.25, 0.3) is 0 Å². The minimum absolute atomic E-state index is 0. The van der Waals surface area contributed by atoms with Crippen LogP contribution in [0.1, 0.15) is 68.6 Å². The van der Waals surface area contributed by atoms with Crippen LogP contribution in [0.3, 0.4) is 0 Å². The average molecular weight is 679 g/mol. The smallest absolute Gasteiger partial charge is 0.317 e. The molecule has 2 aliphatic rings. The molecule has 44 heavy (non-hydrogen) atoms. The molecule has 0 radical (unpaired) electrons. The fraction of sp³-hybridized carbons (Fsp3) is 0.531. The summed E-state index contributed by atoms with van der Waals surface area (Å²) in [6, 6.07) is 5.32. The summed E-state index contributed by atoms with van der Waals surface area (Å²) in [4.78, 5) is 31.7. The standard InChI is InChI=1S/C32H44FN5O5.BrH/c1-8-35-31(40)37-13-11-36(12-14-37)23-16-20(15-22(28(23)41-7)32(4,5)6)24(39)19-38-18-21-17-25(42-9-2)29(43-10-3)27(33)26(21)30(38)34;/h15-17,34H,8-14,18-19H2,1-7H3,(H,35,40);1H. The van der Waals surface area contributed by atoms with Gasteiger partial charge in [-0.25, -0.2) is 9.18 Å². The normalized spacial score (nSPS) is 14.6. The second-order valence-corrected chi connectivity index (χ2v) is 11.7. The number of methoxy groups -OCH3 is 1. The number of hydrogen-bond acceptors (Lipinski definition) is 7. The number of carbonyl (C=O) groups excluding carboxylic acids is 2. The second kappa shape index (κ2) is 14.5. The summed E-state index contributed by atoms with van der Waals surface area (Å²) in [7, 11) is 1.63. The van der Waals surface area contributed by atoms with Gasteiger partial charge in [-0.1, -0.05) is 20.8 Å². The first kappa shape index (κ1) is 34.9. The molecule has 12 heteroatoms. The van der Waals surface area contributed by atoms with Crippen molar-refractivity contribution in [3.63, 3.8) is 0 Å². The number of urea groups is 1. The minimum Gasteiger partial charge on any atom is -0.494 e. The Hall–Kier alpha value is -3.54. The molecule has 0 unspecified atom stereocenters. The van der Waals surface area contributed by atoms with Crippen LogP contribution in [-0.2, 0) is 12.0 Å². The molecule has 242 valence electrons. The van der Waals surface area contributed by atoms with Crippen molar-refractivity contribution in [2.75, 3.05) is 64.5 Å². The Labute approximate surface area is 270 Å². The number of ketones is 1. The maximum atomic E-state index is 15.6. The van der Waals surface area contributed by atoms with Gasteiger partial charge in [0.1, 0.15) is 11.6 Å². The van der Waals surface area contributed by atoms with E-state index in [4.69, 9.17) is 19.6 Å². The summed E-state index contributed by atoms with van der Waals surface area (Å²) < 4.78 is 32.6. The van der Waals surface area contributed by atoms with Crippen molar-refractivity contribution in [2.45, 2.75) is 53.5 Å². The van der Waals surface area contributed by atoms with E-state index in [1.54, 1.807) is 29.9 Å². The molecule has 0 atom stereocenters. The molecule has 1 fully saturated rings. The second-order valence-electron chi connectivity index (χ2n) is 11.7. The largest absolute Gasteiger partial charge is 0.494 e. The summed E-state index contributed by atoms with van der Waals surface area (Å²) in [5, 5.41) is 11.6. The highest BCUT2D eigenvalue weighted by Gasteiger charge is 2.34. The first-order chi connectivity index (χ1) is 20.4. The van der Waals surface area contributed by atoms with Gasteiger partial charge in [-0.2, -0.15) is 0 Å². The fourth-order valence-corrected chi connectivity index (χ4v) is 5.62. The molecule has 2 heterocycles. The molecule has 2 amide bonds. The number of rotatable bonds is 10. The van der Waals surface area contributed by atoms with Crippen molar-refractivity contribution < 1.29 is 28.2 Å². The van der Waals surface area contributed by atoms with Gasteiger partial charge in [0.2, 0.25) is 0 Å². The van der Waals surface area contributed by atoms with E-state index in [1.807, 2.05) is 26.0 Å². The van der Waals surface area contributed by atoms with Crippen molar-refractivity contribution in [3.05, 3.63) is 46.3 Å². The molecule has 2 aliphatic heterocycles. The Morgan fingerprint density at radius 2 is 1.66 bits per heavy atom. The number of amidine groups is 1. The van der Waals surface area contributed by atoms with Crippen molar-refractivity contribution in [1.82, 2.24) is 15.1 Å². The molecule has 10 nitrogen and oxygen atoms in total. The number of hydrogen-bond donors (Lipinski definition) is 2. The predicted octanol–water partition coefficient (Wildman–Crippen LogP) is 5.38. The van der Waals surface area contributed by atoms with E-state index in [1.165, 1.54) is 0 Å². The van der Waals surface area contributed by atoms with Gasteiger partial charge < -0.3 is 34.2 Å². The van der Waals surface area contributed by atoms with Gasteiger partial charge in [-0.15, -0.1) is 17.0 Å². The van der Waals surface area contributed by atoms with E-state index in [0.29, 0.717) is 62.0 Å². The van der Waals surface area contributed by atoms with Crippen LogP contribution in [0.2, 0.25) is 0 Å². The number of benzene rings is 2. The molecule has 0 saturated carbocycles. The monoisotopic (exact) mass is 677 g/mol. The lowest BCUT2D eigenvalue weighted by molar-refractivity contribution is 0.0962. The molecule has 2 N–H and O–H groups in total. The number of halogens is 2. The molecule has 0 bridgehead atoms. The number of nitrogens with one attached hydrogen (secondary N) is 2. The number of amides is 2. The number of Topliss-reactive ketones (excluding diaryl/α,β-unsaturated/α-hetero) is 1. The number of fused-ring (bicyclic) bond motifs is 1. The third-order valence-corrected chi connectivity index (χ3v) is 7.75. The maximum Gasteiger partial charge on any atom is 0.317 e. The summed E-state index contributed by atoms with van der Waals surface area (Å²) in [6.45, 7) is 15.2. The van der Waals surface area contributed by atoms with Crippen molar-refractivity contribution in [2.24, 2.45) is 0 Å². The zero-order valence-electron chi connectivity index (χ0n) is 26.8. The number of carbonyl (C=O) groups is 2. The Morgan fingerprint density at radius 1 is 1.00 bits per heavy atom. The Balaban J connectivity index is 0.00000529. The predicted molar refractivity (Wildman–Crippen MR) is 175 cm³/mol. The molecule has 2 aromatic rings. The van der Waals surface area contributed by atoms with Crippen molar-refractivity contribution >= 4 is 40.3 Å². The lowest BCUT2D eigenvalue weighted by Gasteiger charge is -2.37. The van der Waals surface area contributed by atoms with Crippen LogP contribution >= 0.6 is 17.0 Å². The average Bonchev–Trinajstić information content (AvgIpc) is 3.28. The quantitative estimate of drug-likeness (QED) is 0.325. The molecule has 2 aromatic carbocycles. The Kier molecular flexibility index (Phi) is 11.5. The topological polar surface area (TPSA) is 107 Å². The third kappa shape index (κ3) is 7.06. The van der Waals surface area contributed by atoms with E-state index in [0.717, 1.165) is 11.3 Å². The summed E-state index contributed by atoms with van der Waals surface area (Å²) in [6.07, 6.45) is 0. The third-order valence-electron chi connectivity index (χ3n) is 7.75. The SMILES string of the molecule is Br.CCNC(=O)N1CCN(c2cc(C(=O)CN3Cc4cc(OCC)c(OCC)c(F)c4C3=N)cc(C(C)(C)C)c2OC)CC1. The maximum absolute atomic E-state index is 15.6. The number of ether oxygens (including phenoxy) is 3. The van der Waals surface area contributed by atoms with Gasteiger partial charge in [0, 0.05) is 50.4 Å². The highest BCUT2D eigenvalue weighted by Crippen LogP contribution is 2.42. The number of piperazine rings is 1. The minimum atomic E-state index is -0.642. The van der Waals surface area contributed by atoms with E-state index >= 15 is 4.39 Å². The highest BCUT2D eigenvalue weighted by molar-refractivity contribution is 8.93. The molecular formula is C32H45BrFN5O5. The van der Waals surface area contributed by atoms with Crippen LogP contribution in [0.25, 0.3) is 0 Å². The molecule has 1 saturated heterocycles. The first-order valence-corrected chi connectivity index (χ1v) is 14.9. The lowest BCUT2D eigenvalue weighted by atomic mass is 9.84. The van der Waals surface area contributed by atoms with Crippen LogP contribution in [-0.4, -0.2) is 87.0 Å². The van der Waals surface area contributed by atoms with Crippen LogP contribution < -0.4 is 24.4 Å².